The van der Waals surface area contributed by atoms with Crippen molar-refractivity contribution in [1.82, 2.24) is 19.7 Å². The molecular weight excluding hydrogens is 404 g/mol. The van der Waals surface area contributed by atoms with E-state index in [2.05, 4.69) is 20.5 Å². The van der Waals surface area contributed by atoms with Gasteiger partial charge in [0, 0.05) is 0 Å². The van der Waals surface area contributed by atoms with Gasteiger partial charge in [0.1, 0.15) is 12.3 Å². The number of fused-ring (bicyclic) bond motifs is 1. The zero-order chi connectivity index (χ0) is 20.1. The fourth-order valence-electron chi connectivity index (χ4n) is 2.27. The Morgan fingerprint density at radius 3 is 2.93 bits per heavy atom. The monoisotopic (exact) mass is 422 g/mol. The third kappa shape index (κ3) is 4.70. The van der Waals surface area contributed by atoms with Crippen LogP contribution in [0.15, 0.2) is 23.4 Å². The van der Waals surface area contributed by atoms with E-state index in [9.17, 15) is 9.59 Å². The largest absolute Gasteiger partial charge is 0.497 e. The van der Waals surface area contributed by atoms with Crippen LogP contribution in [0.1, 0.15) is 6.92 Å². The van der Waals surface area contributed by atoms with Gasteiger partial charge in [-0.2, -0.15) is 0 Å². The number of carbonyl (C=O) groups excluding carboxylic acids is 2. The topological polar surface area (TPSA) is 134 Å². The number of methoxy groups -OCH3 is 1. The van der Waals surface area contributed by atoms with Crippen LogP contribution in [0, 0.1) is 0 Å². The normalized spacial score (nSPS) is 10.8. The molecule has 0 spiro atoms. The molecule has 3 aromatic rings. The predicted molar refractivity (Wildman–Crippen MR) is 107 cm³/mol. The van der Waals surface area contributed by atoms with E-state index >= 15 is 0 Å². The Kier molecular flexibility index (Phi) is 6.31. The van der Waals surface area contributed by atoms with Gasteiger partial charge in [-0.3, -0.25) is 14.2 Å². The van der Waals surface area contributed by atoms with E-state index in [0.717, 1.165) is 27.7 Å². The van der Waals surface area contributed by atoms with Crippen LogP contribution in [-0.4, -0.2) is 51.1 Å². The molecule has 0 aliphatic carbocycles. The van der Waals surface area contributed by atoms with Crippen LogP contribution < -0.4 is 15.8 Å². The second-order valence-corrected chi connectivity index (χ2v) is 7.39. The molecule has 0 radical (unpaired) electrons. The number of nitrogen functional groups attached to an aromatic ring is 1. The molecule has 148 valence electrons. The number of hydrogen-bond acceptors (Lipinski definition) is 10. The van der Waals surface area contributed by atoms with Gasteiger partial charge in [0.25, 0.3) is 0 Å². The van der Waals surface area contributed by atoms with Gasteiger partial charge < -0.3 is 20.5 Å². The minimum atomic E-state index is -0.380. The first-order chi connectivity index (χ1) is 13.5. The van der Waals surface area contributed by atoms with Crippen molar-refractivity contribution in [3.8, 4) is 5.75 Å². The number of rotatable bonds is 8. The first-order valence-corrected chi connectivity index (χ1v) is 10.0. The molecule has 28 heavy (non-hydrogen) atoms. The third-order valence-electron chi connectivity index (χ3n) is 3.51. The van der Waals surface area contributed by atoms with E-state index < -0.39 is 0 Å². The molecule has 0 unspecified atom stereocenters. The summed E-state index contributed by atoms with van der Waals surface area (Å²) in [5.74, 6) is 0.128. The Labute approximate surface area is 168 Å². The van der Waals surface area contributed by atoms with E-state index in [1.54, 1.807) is 20.1 Å². The number of nitrogens with zero attached hydrogens (tertiary/aromatic N) is 4. The SMILES string of the molecule is CCOC(=O)CSc1nnc(N)n1CC(=O)Nc1nc2ccc(OC)cc2s1. The smallest absolute Gasteiger partial charge is 0.316 e. The van der Waals surface area contributed by atoms with E-state index in [-0.39, 0.29) is 30.1 Å². The molecule has 3 N–H and O–H groups in total. The molecule has 10 nitrogen and oxygen atoms in total. The highest BCUT2D eigenvalue weighted by molar-refractivity contribution is 7.99. The standard InChI is InChI=1S/C16H18N6O4S2/c1-3-26-13(24)8-27-16-21-20-14(17)22(16)7-12(23)19-15-18-10-5-4-9(25-2)6-11(10)28-15/h4-6H,3,7-8H2,1-2H3,(H2,17,20)(H,18,19,23). The molecular formula is C16H18N6O4S2. The number of nitrogens with one attached hydrogen (secondary N) is 1. The summed E-state index contributed by atoms with van der Waals surface area (Å²) < 4.78 is 12.4. The fraction of sp³-hybridized carbons (Fsp3) is 0.312. The van der Waals surface area contributed by atoms with Crippen LogP contribution in [0.25, 0.3) is 10.2 Å². The average Bonchev–Trinajstić information content (AvgIpc) is 3.22. The highest BCUT2D eigenvalue weighted by Crippen LogP contribution is 2.29. The van der Waals surface area contributed by atoms with Crippen molar-refractivity contribution in [2.45, 2.75) is 18.6 Å². The van der Waals surface area contributed by atoms with Gasteiger partial charge in [0.2, 0.25) is 11.9 Å². The van der Waals surface area contributed by atoms with E-state index in [4.69, 9.17) is 15.2 Å². The summed E-state index contributed by atoms with van der Waals surface area (Å²) in [6.45, 7) is 1.92. The van der Waals surface area contributed by atoms with Crippen molar-refractivity contribution in [3.05, 3.63) is 18.2 Å². The molecule has 0 bridgehead atoms. The van der Waals surface area contributed by atoms with Crippen molar-refractivity contribution in [3.63, 3.8) is 0 Å². The summed E-state index contributed by atoms with van der Waals surface area (Å²) in [5.41, 5.74) is 6.55. The zero-order valence-corrected chi connectivity index (χ0v) is 16.8. The third-order valence-corrected chi connectivity index (χ3v) is 5.39. The molecule has 0 saturated heterocycles. The van der Waals surface area contributed by atoms with Crippen LogP contribution >= 0.6 is 23.1 Å². The summed E-state index contributed by atoms with van der Waals surface area (Å²) >= 11 is 2.43. The molecule has 3 rings (SSSR count). The van der Waals surface area contributed by atoms with Gasteiger partial charge in [0.05, 0.1) is 29.7 Å². The number of esters is 1. The summed E-state index contributed by atoms with van der Waals surface area (Å²) in [4.78, 5) is 28.3. The Hall–Kier alpha value is -2.86. The molecule has 12 heteroatoms. The number of thiazole rings is 1. The second kappa shape index (κ2) is 8.89. The lowest BCUT2D eigenvalue weighted by Gasteiger charge is -2.07. The molecule has 0 aliphatic rings. The molecule has 2 aromatic heterocycles. The van der Waals surface area contributed by atoms with Crippen molar-refractivity contribution >= 4 is 56.3 Å². The van der Waals surface area contributed by atoms with Crippen molar-refractivity contribution < 1.29 is 19.1 Å². The number of thioether (sulfide) groups is 1. The zero-order valence-electron chi connectivity index (χ0n) is 15.2. The maximum Gasteiger partial charge on any atom is 0.316 e. The van der Waals surface area contributed by atoms with Gasteiger partial charge in [-0.25, -0.2) is 4.98 Å². The number of ether oxygens (including phenoxy) is 2. The summed E-state index contributed by atoms with van der Waals surface area (Å²) in [6.07, 6.45) is 0. The van der Waals surface area contributed by atoms with Gasteiger partial charge >= 0.3 is 5.97 Å². The first-order valence-electron chi connectivity index (χ1n) is 8.21. The van der Waals surface area contributed by atoms with Crippen LogP contribution in [-0.2, 0) is 20.9 Å². The molecule has 1 aromatic carbocycles. The number of hydrogen-bond donors (Lipinski definition) is 2. The lowest BCUT2D eigenvalue weighted by Crippen LogP contribution is -2.20. The van der Waals surface area contributed by atoms with Crippen molar-refractivity contribution in [2.24, 2.45) is 0 Å². The molecule has 0 saturated carbocycles. The predicted octanol–water partition coefficient (Wildman–Crippen LogP) is 1.77. The summed E-state index contributed by atoms with van der Waals surface area (Å²) in [5, 5.41) is 11.2. The molecule has 0 fully saturated rings. The maximum atomic E-state index is 12.4. The van der Waals surface area contributed by atoms with Crippen molar-refractivity contribution in [1.29, 1.82) is 0 Å². The molecule has 2 heterocycles. The number of carbonyl (C=O) groups is 2. The second-order valence-electron chi connectivity index (χ2n) is 5.42. The van der Waals surface area contributed by atoms with E-state index in [1.165, 1.54) is 15.9 Å². The number of anilines is 2. The van der Waals surface area contributed by atoms with Gasteiger partial charge in [-0.15, -0.1) is 10.2 Å². The number of aromatic nitrogens is 4. The van der Waals surface area contributed by atoms with Gasteiger partial charge in [-0.1, -0.05) is 23.1 Å². The quantitative estimate of drug-likeness (QED) is 0.411. The average molecular weight is 422 g/mol. The van der Waals surface area contributed by atoms with E-state index in [0.29, 0.717) is 16.9 Å². The Balaban J connectivity index is 1.66. The summed E-state index contributed by atoms with van der Waals surface area (Å²) in [7, 11) is 1.59. The molecule has 1 amide bonds. The maximum absolute atomic E-state index is 12.4. The van der Waals surface area contributed by atoms with Crippen LogP contribution in [0.4, 0.5) is 11.1 Å². The minimum Gasteiger partial charge on any atom is -0.497 e. The van der Waals surface area contributed by atoms with Gasteiger partial charge in [-0.05, 0) is 25.1 Å². The summed E-state index contributed by atoms with van der Waals surface area (Å²) in [6, 6.07) is 5.48. The first kappa shape index (κ1) is 19.9. The Morgan fingerprint density at radius 2 is 2.18 bits per heavy atom. The van der Waals surface area contributed by atoms with Crippen LogP contribution in [0.2, 0.25) is 0 Å². The Morgan fingerprint density at radius 1 is 1.36 bits per heavy atom. The molecule has 0 aliphatic heterocycles. The van der Waals surface area contributed by atoms with Crippen molar-refractivity contribution in [2.75, 3.05) is 30.5 Å². The Bertz CT molecular complexity index is 1000. The lowest BCUT2D eigenvalue weighted by atomic mass is 10.3. The highest BCUT2D eigenvalue weighted by atomic mass is 32.2. The number of benzene rings is 1. The highest BCUT2D eigenvalue weighted by Gasteiger charge is 2.16. The number of amides is 1. The van der Waals surface area contributed by atoms with Gasteiger partial charge in [0.15, 0.2) is 10.3 Å². The van der Waals surface area contributed by atoms with Crippen LogP contribution in [0.5, 0.6) is 5.75 Å². The minimum absolute atomic E-state index is 0.0489. The molecule has 0 atom stereocenters. The van der Waals surface area contributed by atoms with E-state index in [1.807, 2.05) is 12.1 Å². The number of nitrogens with two attached hydrogens (primary N) is 1. The lowest BCUT2D eigenvalue weighted by molar-refractivity contribution is -0.139. The fourth-order valence-corrected chi connectivity index (χ4v) is 3.92. The van der Waals surface area contributed by atoms with Crippen LogP contribution in [0.3, 0.4) is 0 Å².